The predicted molar refractivity (Wildman–Crippen MR) is 84.5 cm³/mol. The van der Waals surface area contributed by atoms with Crippen molar-refractivity contribution in [3.63, 3.8) is 0 Å². The minimum atomic E-state index is -4.37. The molecular formula is C16H15F3N2OS. The van der Waals surface area contributed by atoms with Crippen molar-refractivity contribution in [2.24, 2.45) is 0 Å². The highest BCUT2D eigenvalue weighted by Crippen LogP contribution is 2.33. The third-order valence-electron chi connectivity index (χ3n) is 3.48. The van der Waals surface area contributed by atoms with Gasteiger partial charge in [0.2, 0.25) is 0 Å². The molecule has 0 amide bonds. The Labute approximate surface area is 135 Å². The maximum absolute atomic E-state index is 12.9. The number of alkyl halides is 3. The summed E-state index contributed by atoms with van der Waals surface area (Å²) in [5.74, 6) is 0.675. The zero-order valence-electron chi connectivity index (χ0n) is 12.4. The third-order valence-corrected chi connectivity index (χ3v) is 4.35. The van der Waals surface area contributed by atoms with Gasteiger partial charge in [-0.2, -0.15) is 13.2 Å². The second-order valence-corrected chi connectivity index (χ2v) is 5.91. The molecule has 0 saturated heterocycles. The van der Waals surface area contributed by atoms with Gasteiger partial charge in [0.25, 0.3) is 0 Å². The summed E-state index contributed by atoms with van der Waals surface area (Å²) >= 11 is 1.51. The van der Waals surface area contributed by atoms with Crippen LogP contribution in [0.15, 0.2) is 35.7 Å². The third kappa shape index (κ3) is 3.25. The lowest BCUT2D eigenvalue weighted by Crippen LogP contribution is -2.07. The summed E-state index contributed by atoms with van der Waals surface area (Å²) in [7, 11) is 0. The highest BCUT2D eigenvalue weighted by atomic mass is 32.1. The van der Waals surface area contributed by atoms with Crippen molar-refractivity contribution in [3.05, 3.63) is 41.3 Å². The monoisotopic (exact) mass is 340 g/mol. The Hall–Kier alpha value is -1.86. The summed E-state index contributed by atoms with van der Waals surface area (Å²) < 4.78 is 46.0. The van der Waals surface area contributed by atoms with Crippen LogP contribution in [0.25, 0.3) is 21.7 Å². The van der Waals surface area contributed by atoms with Gasteiger partial charge < -0.3 is 9.30 Å². The van der Waals surface area contributed by atoms with Crippen LogP contribution in [0.1, 0.15) is 12.5 Å². The zero-order chi connectivity index (χ0) is 16.4. The number of halogens is 3. The molecule has 122 valence electrons. The molecule has 23 heavy (non-hydrogen) atoms. The SMILES string of the molecule is CCOCCn1c(-c2cccs2)nc2cc(C(F)(F)F)ccc21. The van der Waals surface area contributed by atoms with Gasteiger partial charge in [0.05, 0.1) is 28.1 Å². The summed E-state index contributed by atoms with van der Waals surface area (Å²) in [5, 5.41) is 1.92. The molecule has 3 aromatic rings. The van der Waals surface area contributed by atoms with Crippen LogP contribution in [-0.4, -0.2) is 22.8 Å². The van der Waals surface area contributed by atoms with Gasteiger partial charge >= 0.3 is 6.18 Å². The number of hydrogen-bond donors (Lipinski definition) is 0. The average molecular weight is 340 g/mol. The predicted octanol–water partition coefficient (Wildman–Crippen LogP) is 4.82. The van der Waals surface area contributed by atoms with Crippen molar-refractivity contribution in [1.29, 1.82) is 0 Å². The lowest BCUT2D eigenvalue weighted by atomic mass is 10.2. The van der Waals surface area contributed by atoms with E-state index in [-0.39, 0.29) is 0 Å². The van der Waals surface area contributed by atoms with Crippen molar-refractivity contribution < 1.29 is 17.9 Å². The van der Waals surface area contributed by atoms with Crippen LogP contribution in [0.3, 0.4) is 0 Å². The number of rotatable bonds is 5. The molecule has 0 saturated carbocycles. The molecule has 7 heteroatoms. The Kier molecular flexibility index (Phi) is 4.41. The van der Waals surface area contributed by atoms with Crippen LogP contribution in [-0.2, 0) is 17.5 Å². The smallest absolute Gasteiger partial charge is 0.380 e. The Morgan fingerprint density at radius 1 is 1.26 bits per heavy atom. The minimum Gasteiger partial charge on any atom is -0.380 e. The zero-order valence-corrected chi connectivity index (χ0v) is 13.2. The van der Waals surface area contributed by atoms with Gasteiger partial charge in [0, 0.05) is 13.2 Å². The van der Waals surface area contributed by atoms with E-state index in [1.165, 1.54) is 17.4 Å². The summed E-state index contributed by atoms with van der Waals surface area (Å²) in [6.45, 7) is 3.53. The van der Waals surface area contributed by atoms with E-state index in [0.29, 0.717) is 36.6 Å². The molecule has 0 N–H and O–H groups in total. The van der Waals surface area contributed by atoms with Crippen molar-refractivity contribution in [1.82, 2.24) is 9.55 Å². The number of benzene rings is 1. The van der Waals surface area contributed by atoms with E-state index in [1.807, 2.05) is 29.0 Å². The first-order valence-electron chi connectivity index (χ1n) is 7.20. The number of imidazole rings is 1. The maximum atomic E-state index is 12.9. The molecule has 0 aliphatic carbocycles. The Morgan fingerprint density at radius 3 is 2.74 bits per heavy atom. The molecule has 3 rings (SSSR count). The summed E-state index contributed by atoms with van der Waals surface area (Å²) in [4.78, 5) is 5.35. The Bertz CT molecular complexity index is 794. The fourth-order valence-corrected chi connectivity index (χ4v) is 3.15. The quantitative estimate of drug-likeness (QED) is 0.623. The summed E-state index contributed by atoms with van der Waals surface area (Å²) in [6.07, 6.45) is -4.37. The van der Waals surface area contributed by atoms with Crippen LogP contribution >= 0.6 is 11.3 Å². The second-order valence-electron chi connectivity index (χ2n) is 4.96. The molecule has 0 atom stereocenters. The molecule has 3 nitrogen and oxygen atoms in total. The van der Waals surface area contributed by atoms with Gasteiger partial charge in [0.1, 0.15) is 0 Å². The molecular weight excluding hydrogens is 325 g/mol. The van der Waals surface area contributed by atoms with Crippen molar-refractivity contribution in [2.45, 2.75) is 19.6 Å². The molecule has 0 unspecified atom stereocenters. The molecule has 0 radical (unpaired) electrons. The van der Waals surface area contributed by atoms with E-state index >= 15 is 0 Å². The second kappa shape index (κ2) is 6.33. The van der Waals surface area contributed by atoms with E-state index in [2.05, 4.69) is 4.98 Å². The van der Waals surface area contributed by atoms with Crippen molar-refractivity contribution in [2.75, 3.05) is 13.2 Å². The molecule has 0 fully saturated rings. The van der Waals surface area contributed by atoms with Gasteiger partial charge in [-0.25, -0.2) is 4.98 Å². The van der Waals surface area contributed by atoms with E-state index in [1.54, 1.807) is 0 Å². The average Bonchev–Trinajstić information content (AvgIpc) is 3.13. The lowest BCUT2D eigenvalue weighted by molar-refractivity contribution is -0.137. The molecule has 0 aliphatic rings. The first-order valence-corrected chi connectivity index (χ1v) is 8.07. The van der Waals surface area contributed by atoms with Gasteiger partial charge in [-0.3, -0.25) is 0 Å². The number of nitrogens with zero attached hydrogens (tertiary/aromatic N) is 2. The summed E-state index contributed by atoms with van der Waals surface area (Å²) in [6, 6.07) is 7.48. The number of thiophene rings is 1. The lowest BCUT2D eigenvalue weighted by Gasteiger charge is -2.09. The van der Waals surface area contributed by atoms with E-state index < -0.39 is 11.7 Å². The maximum Gasteiger partial charge on any atom is 0.416 e. The fourth-order valence-electron chi connectivity index (χ4n) is 2.43. The molecule has 2 aromatic heterocycles. The van der Waals surface area contributed by atoms with Crippen LogP contribution in [0.5, 0.6) is 0 Å². The fraction of sp³-hybridized carbons (Fsp3) is 0.312. The molecule has 0 bridgehead atoms. The molecule has 0 aliphatic heterocycles. The van der Waals surface area contributed by atoms with E-state index in [9.17, 15) is 13.2 Å². The topological polar surface area (TPSA) is 27.1 Å². The molecule has 1 aromatic carbocycles. The minimum absolute atomic E-state index is 0.347. The van der Waals surface area contributed by atoms with Crippen LogP contribution in [0, 0.1) is 0 Å². The van der Waals surface area contributed by atoms with Gasteiger partial charge in [-0.05, 0) is 36.6 Å². The highest BCUT2D eigenvalue weighted by Gasteiger charge is 2.31. The first-order chi connectivity index (χ1) is 11.0. The van der Waals surface area contributed by atoms with E-state index in [0.717, 1.165) is 17.0 Å². The molecule has 0 spiro atoms. The Morgan fingerprint density at radius 2 is 2.09 bits per heavy atom. The van der Waals surface area contributed by atoms with Crippen LogP contribution in [0.4, 0.5) is 13.2 Å². The van der Waals surface area contributed by atoms with E-state index in [4.69, 9.17) is 4.74 Å². The van der Waals surface area contributed by atoms with Crippen molar-refractivity contribution >= 4 is 22.4 Å². The summed E-state index contributed by atoms with van der Waals surface area (Å²) in [5.41, 5.74) is 0.345. The number of ether oxygens (including phenoxy) is 1. The van der Waals surface area contributed by atoms with Gasteiger partial charge in [0.15, 0.2) is 5.82 Å². The number of hydrogen-bond acceptors (Lipinski definition) is 3. The number of fused-ring (bicyclic) bond motifs is 1. The van der Waals surface area contributed by atoms with Gasteiger partial charge in [-0.1, -0.05) is 6.07 Å². The first kappa shape index (κ1) is 16.0. The number of aromatic nitrogens is 2. The normalized spacial score (nSPS) is 12.2. The molecule has 2 heterocycles. The Balaban J connectivity index is 2.10. The largest absolute Gasteiger partial charge is 0.416 e. The van der Waals surface area contributed by atoms with Gasteiger partial charge in [-0.15, -0.1) is 11.3 Å². The van der Waals surface area contributed by atoms with Crippen LogP contribution < -0.4 is 0 Å². The standard InChI is InChI=1S/C16H15F3N2OS/c1-2-22-8-7-21-13-6-5-11(16(17,18)19)10-12(13)20-15(21)14-4-3-9-23-14/h3-6,9-10H,2,7-8H2,1H3. The van der Waals surface area contributed by atoms with Crippen LogP contribution in [0.2, 0.25) is 0 Å². The van der Waals surface area contributed by atoms with Crippen molar-refractivity contribution in [3.8, 4) is 10.7 Å². The highest BCUT2D eigenvalue weighted by molar-refractivity contribution is 7.13.